The largest absolute Gasteiger partial charge is 0.461 e. The van der Waals surface area contributed by atoms with E-state index in [1.165, 1.54) is 11.8 Å². The van der Waals surface area contributed by atoms with Crippen molar-refractivity contribution in [3.8, 4) is 17.3 Å². The van der Waals surface area contributed by atoms with Gasteiger partial charge in [-0.2, -0.15) is 0 Å². The van der Waals surface area contributed by atoms with Crippen molar-refractivity contribution >= 4 is 46.6 Å². The number of hydrogen-bond acceptors (Lipinski definition) is 5. The Morgan fingerprint density at radius 1 is 1.07 bits per heavy atom. The van der Waals surface area contributed by atoms with Gasteiger partial charge in [0.15, 0.2) is 10.9 Å². The lowest BCUT2D eigenvalue weighted by Crippen LogP contribution is -2.23. The third-order valence-corrected chi connectivity index (χ3v) is 6.11. The first-order valence-corrected chi connectivity index (χ1v) is 10.6. The van der Waals surface area contributed by atoms with E-state index < -0.39 is 5.25 Å². The molecule has 0 unspecified atom stereocenters. The van der Waals surface area contributed by atoms with Gasteiger partial charge in [0.1, 0.15) is 0 Å². The number of hydrogen-bond donors (Lipinski definition) is 1. The Balaban J connectivity index is 1.61. The summed E-state index contributed by atoms with van der Waals surface area (Å²) in [5, 5.41) is 12.2. The van der Waals surface area contributed by atoms with Crippen molar-refractivity contribution in [2.45, 2.75) is 17.3 Å². The minimum Gasteiger partial charge on any atom is -0.461 e. The smallest absolute Gasteiger partial charge is 0.237 e. The molecule has 9 heteroatoms. The normalized spacial score (nSPS) is 12.0. The lowest BCUT2D eigenvalue weighted by molar-refractivity contribution is -0.115. The molecule has 0 aliphatic heterocycles. The van der Waals surface area contributed by atoms with Crippen LogP contribution in [-0.4, -0.2) is 25.9 Å². The van der Waals surface area contributed by atoms with Gasteiger partial charge in [0.05, 0.1) is 27.2 Å². The first kappa shape index (κ1) is 20.5. The highest BCUT2D eigenvalue weighted by atomic mass is 35.5. The van der Waals surface area contributed by atoms with Gasteiger partial charge in [-0.05, 0) is 43.3 Å². The fourth-order valence-corrected chi connectivity index (χ4v) is 3.98. The van der Waals surface area contributed by atoms with Gasteiger partial charge in [0, 0.05) is 5.69 Å². The van der Waals surface area contributed by atoms with Gasteiger partial charge in [0.25, 0.3) is 0 Å². The van der Waals surface area contributed by atoms with E-state index in [9.17, 15) is 4.79 Å². The van der Waals surface area contributed by atoms with Gasteiger partial charge in [-0.25, -0.2) is 0 Å². The minimum atomic E-state index is -0.476. The van der Waals surface area contributed by atoms with E-state index in [1.807, 2.05) is 41.0 Å². The van der Waals surface area contributed by atoms with Crippen molar-refractivity contribution in [3.05, 3.63) is 77.0 Å². The van der Waals surface area contributed by atoms with Gasteiger partial charge < -0.3 is 9.73 Å². The Hall–Kier alpha value is -2.74. The summed E-state index contributed by atoms with van der Waals surface area (Å²) in [7, 11) is 0. The zero-order valence-corrected chi connectivity index (χ0v) is 18.1. The zero-order valence-electron chi connectivity index (χ0n) is 15.8. The van der Waals surface area contributed by atoms with Gasteiger partial charge >= 0.3 is 0 Å². The number of furan rings is 1. The van der Waals surface area contributed by atoms with Crippen LogP contribution in [0.3, 0.4) is 0 Å². The number of nitrogens with one attached hydrogen (secondary N) is 1. The Labute approximate surface area is 187 Å². The quantitative estimate of drug-likeness (QED) is 0.361. The average molecular weight is 459 g/mol. The fourth-order valence-electron chi connectivity index (χ4n) is 2.77. The molecule has 1 atom stereocenters. The topological polar surface area (TPSA) is 73.0 Å². The Morgan fingerprint density at radius 3 is 2.60 bits per heavy atom. The molecule has 0 saturated carbocycles. The Bertz CT molecular complexity index is 1160. The summed E-state index contributed by atoms with van der Waals surface area (Å²) in [5.41, 5.74) is 1.32. The van der Waals surface area contributed by atoms with Gasteiger partial charge in [-0.15, -0.1) is 10.2 Å². The van der Waals surface area contributed by atoms with Crippen molar-refractivity contribution in [1.29, 1.82) is 0 Å². The summed E-state index contributed by atoms with van der Waals surface area (Å²) < 4.78 is 7.37. The highest BCUT2D eigenvalue weighted by molar-refractivity contribution is 8.00. The summed E-state index contributed by atoms with van der Waals surface area (Å²) in [4.78, 5) is 12.8. The lowest BCUT2D eigenvalue weighted by Gasteiger charge is -2.14. The molecule has 1 amide bonds. The fraction of sp³-hybridized carbons (Fsp3) is 0.0952. The maximum atomic E-state index is 12.8. The first-order valence-electron chi connectivity index (χ1n) is 9.01. The highest BCUT2D eigenvalue weighted by Gasteiger charge is 2.23. The number of carbonyl (C=O) groups is 1. The molecule has 0 bridgehead atoms. The van der Waals surface area contributed by atoms with Crippen LogP contribution < -0.4 is 5.32 Å². The van der Waals surface area contributed by atoms with Crippen LogP contribution in [-0.2, 0) is 4.79 Å². The Morgan fingerprint density at radius 2 is 1.87 bits per heavy atom. The summed E-state index contributed by atoms with van der Waals surface area (Å²) in [6.07, 6.45) is 1.58. The van der Waals surface area contributed by atoms with Crippen molar-refractivity contribution in [2.75, 3.05) is 5.32 Å². The molecule has 1 N–H and O–H groups in total. The molecule has 0 spiro atoms. The highest BCUT2D eigenvalue weighted by Crippen LogP contribution is 2.32. The van der Waals surface area contributed by atoms with Crippen LogP contribution in [0.5, 0.6) is 0 Å². The molecule has 0 radical (unpaired) electrons. The molecule has 0 aliphatic rings. The molecule has 4 rings (SSSR count). The summed E-state index contributed by atoms with van der Waals surface area (Å²) in [5.74, 6) is 0.909. The summed E-state index contributed by atoms with van der Waals surface area (Å²) in [6.45, 7) is 1.79. The van der Waals surface area contributed by atoms with E-state index in [2.05, 4.69) is 15.5 Å². The van der Waals surface area contributed by atoms with Gasteiger partial charge in [-0.1, -0.05) is 59.2 Å². The van der Waals surface area contributed by atoms with Crippen molar-refractivity contribution in [2.24, 2.45) is 0 Å². The van der Waals surface area contributed by atoms with Gasteiger partial charge in [-0.3, -0.25) is 9.36 Å². The third kappa shape index (κ3) is 4.23. The number of amides is 1. The number of carbonyl (C=O) groups excluding carboxylic acids is 1. The number of anilines is 1. The number of nitrogens with zero attached hydrogens (tertiary/aromatic N) is 3. The molecule has 2 heterocycles. The van der Waals surface area contributed by atoms with E-state index in [1.54, 1.807) is 37.5 Å². The van der Waals surface area contributed by atoms with Crippen LogP contribution in [0.1, 0.15) is 6.92 Å². The standard InChI is InChI=1S/C21H16Cl2N4O2S/c1-13(20(28)24-16-10-5-9-15(22)18(16)23)30-21-26-25-19(17-11-6-12-29-17)27(21)14-7-3-2-4-8-14/h2-13H,1H3,(H,24,28)/t13-/m0/s1. The van der Waals surface area contributed by atoms with Crippen LogP contribution in [0.25, 0.3) is 17.3 Å². The molecule has 30 heavy (non-hydrogen) atoms. The van der Waals surface area contributed by atoms with Crippen LogP contribution >= 0.6 is 35.0 Å². The van der Waals surface area contributed by atoms with Crippen molar-refractivity contribution in [3.63, 3.8) is 0 Å². The second kappa shape index (κ2) is 8.95. The molecular formula is C21H16Cl2N4O2S. The predicted octanol–water partition coefficient (Wildman–Crippen LogP) is 5.95. The number of thioether (sulfide) groups is 1. The second-order valence-corrected chi connectivity index (χ2v) is 8.40. The Kier molecular flexibility index (Phi) is 6.13. The minimum absolute atomic E-state index is 0.230. The second-order valence-electron chi connectivity index (χ2n) is 6.31. The van der Waals surface area contributed by atoms with Crippen LogP contribution in [0.4, 0.5) is 5.69 Å². The van der Waals surface area contributed by atoms with E-state index in [0.717, 1.165) is 5.69 Å². The maximum absolute atomic E-state index is 12.8. The molecule has 2 aromatic carbocycles. The van der Waals surface area contributed by atoms with Crippen molar-refractivity contribution < 1.29 is 9.21 Å². The molecule has 6 nitrogen and oxygen atoms in total. The molecule has 2 aromatic heterocycles. The predicted molar refractivity (Wildman–Crippen MR) is 119 cm³/mol. The maximum Gasteiger partial charge on any atom is 0.237 e. The monoisotopic (exact) mass is 458 g/mol. The first-order chi connectivity index (χ1) is 14.5. The summed E-state index contributed by atoms with van der Waals surface area (Å²) in [6, 6.07) is 18.3. The SMILES string of the molecule is C[C@H](Sc1nnc(-c2ccco2)n1-c1ccccc1)C(=O)Nc1cccc(Cl)c1Cl. The molecule has 152 valence electrons. The molecule has 0 aliphatic carbocycles. The van der Waals surface area contributed by atoms with Crippen molar-refractivity contribution in [1.82, 2.24) is 14.8 Å². The van der Waals surface area contributed by atoms with E-state index in [0.29, 0.717) is 32.5 Å². The van der Waals surface area contributed by atoms with Gasteiger partial charge in [0.2, 0.25) is 11.7 Å². The van der Waals surface area contributed by atoms with E-state index in [-0.39, 0.29) is 5.91 Å². The van der Waals surface area contributed by atoms with Crippen LogP contribution in [0.2, 0.25) is 10.0 Å². The number of halogens is 2. The molecule has 0 fully saturated rings. The van der Waals surface area contributed by atoms with E-state index >= 15 is 0 Å². The number of rotatable bonds is 6. The third-order valence-electron chi connectivity index (χ3n) is 4.25. The average Bonchev–Trinajstić information content (AvgIpc) is 3.42. The zero-order chi connectivity index (χ0) is 21.1. The van der Waals surface area contributed by atoms with E-state index in [4.69, 9.17) is 27.6 Å². The number of aromatic nitrogens is 3. The van der Waals surface area contributed by atoms with Crippen LogP contribution in [0.15, 0.2) is 76.5 Å². The molecular weight excluding hydrogens is 443 g/mol. The lowest BCUT2D eigenvalue weighted by atomic mass is 10.3. The number of para-hydroxylation sites is 1. The molecule has 0 saturated heterocycles. The van der Waals surface area contributed by atoms with Crippen LogP contribution in [0, 0.1) is 0 Å². The number of benzene rings is 2. The molecule has 4 aromatic rings. The summed E-state index contributed by atoms with van der Waals surface area (Å²) >= 11 is 13.5.